The summed E-state index contributed by atoms with van der Waals surface area (Å²) < 4.78 is 0. The molecule has 3 rings (SSSR count). The highest BCUT2D eigenvalue weighted by atomic mass is 16.3. The van der Waals surface area contributed by atoms with Crippen molar-refractivity contribution in [2.45, 2.75) is 19.4 Å². The number of amides is 1. The van der Waals surface area contributed by atoms with Gasteiger partial charge in [-0.25, -0.2) is 0 Å². The molecule has 4 nitrogen and oxygen atoms in total. The fourth-order valence-electron chi connectivity index (χ4n) is 3.17. The number of nitrogens with zero attached hydrogens (tertiary/aromatic N) is 2. The van der Waals surface area contributed by atoms with E-state index in [9.17, 15) is 4.79 Å². The minimum Gasteiger partial charge on any atom is -0.396 e. The summed E-state index contributed by atoms with van der Waals surface area (Å²) in [5.74, 6) is 0.145. The van der Waals surface area contributed by atoms with Crippen LogP contribution in [0.25, 0.3) is 0 Å². The number of hydrogen-bond acceptors (Lipinski definition) is 3. The van der Waals surface area contributed by atoms with Gasteiger partial charge in [-0.05, 0) is 36.1 Å². The summed E-state index contributed by atoms with van der Waals surface area (Å²) in [5, 5.41) is 9.13. The van der Waals surface area contributed by atoms with E-state index in [0.29, 0.717) is 26.1 Å². The van der Waals surface area contributed by atoms with E-state index < -0.39 is 0 Å². The molecule has 0 saturated heterocycles. The Morgan fingerprint density at radius 2 is 1.75 bits per heavy atom. The van der Waals surface area contributed by atoms with Gasteiger partial charge in [0.2, 0.25) is 5.91 Å². The molecule has 1 heterocycles. The van der Waals surface area contributed by atoms with Crippen molar-refractivity contribution in [1.29, 1.82) is 0 Å². The van der Waals surface area contributed by atoms with Gasteiger partial charge in [0.1, 0.15) is 0 Å². The van der Waals surface area contributed by atoms with E-state index in [0.717, 1.165) is 18.7 Å². The van der Waals surface area contributed by atoms with Crippen LogP contribution in [0.5, 0.6) is 0 Å². The second-order valence-corrected chi connectivity index (χ2v) is 6.17. The fourth-order valence-corrected chi connectivity index (χ4v) is 3.17. The van der Waals surface area contributed by atoms with Gasteiger partial charge >= 0.3 is 0 Å². The molecule has 1 aliphatic heterocycles. The Morgan fingerprint density at radius 1 is 1.04 bits per heavy atom. The van der Waals surface area contributed by atoms with Gasteiger partial charge in [-0.2, -0.15) is 0 Å². The largest absolute Gasteiger partial charge is 0.396 e. The number of para-hydroxylation sites is 1. The third-order valence-electron chi connectivity index (χ3n) is 4.52. The van der Waals surface area contributed by atoms with Gasteiger partial charge in [-0.1, -0.05) is 42.5 Å². The molecule has 126 valence electrons. The predicted octanol–water partition coefficient (Wildman–Crippen LogP) is 2.46. The molecule has 0 spiro atoms. The fraction of sp³-hybridized carbons (Fsp3) is 0.350. The summed E-state index contributed by atoms with van der Waals surface area (Å²) in [6, 6.07) is 18.3. The number of fused-ring (bicyclic) bond motifs is 1. The summed E-state index contributed by atoms with van der Waals surface area (Å²) in [7, 11) is 0. The number of rotatable bonds is 6. The summed E-state index contributed by atoms with van der Waals surface area (Å²) in [4.78, 5) is 16.8. The van der Waals surface area contributed by atoms with E-state index >= 15 is 0 Å². The monoisotopic (exact) mass is 324 g/mol. The number of carbonyl (C=O) groups is 1. The Kier molecular flexibility index (Phi) is 5.49. The first-order valence-corrected chi connectivity index (χ1v) is 8.53. The summed E-state index contributed by atoms with van der Waals surface area (Å²) in [6.45, 7) is 2.63. The Hall–Kier alpha value is -2.33. The molecule has 24 heavy (non-hydrogen) atoms. The number of hydrogen-bond donors (Lipinski definition) is 1. The lowest BCUT2D eigenvalue weighted by Crippen LogP contribution is -2.43. The van der Waals surface area contributed by atoms with E-state index in [4.69, 9.17) is 5.11 Å². The lowest BCUT2D eigenvalue weighted by Gasteiger charge is -2.32. The molecule has 0 aromatic heterocycles. The second kappa shape index (κ2) is 7.97. The van der Waals surface area contributed by atoms with E-state index in [1.807, 2.05) is 41.3 Å². The first-order valence-electron chi connectivity index (χ1n) is 8.53. The smallest absolute Gasteiger partial charge is 0.242 e. The van der Waals surface area contributed by atoms with Crippen LogP contribution in [-0.4, -0.2) is 42.2 Å². The standard InChI is InChI=1S/C20H24N2O2/c23-14-6-12-21(19-9-2-1-3-10-19)16-20(24)22-13-11-17-7-4-5-8-18(17)15-22/h1-5,7-10,23H,6,11-16H2. The predicted molar refractivity (Wildman–Crippen MR) is 95.9 cm³/mol. The summed E-state index contributed by atoms with van der Waals surface area (Å²) in [6.07, 6.45) is 1.58. The van der Waals surface area contributed by atoms with Crippen molar-refractivity contribution < 1.29 is 9.90 Å². The SMILES string of the molecule is O=C(CN(CCCO)c1ccccc1)N1CCc2ccccc2C1. The number of benzene rings is 2. The lowest BCUT2D eigenvalue weighted by molar-refractivity contribution is -0.130. The topological polar surface area (TPSA) is 43.8 Å². The van der Waals surface area contributed by atoms with Gasteiger partial charge in [0, 0.05) is 31.9 Å². The van der Waals surface area contributed by atoms with Gasteiger partial charge in [0.25, 0.3) is 0 Å². The highest BCUT2D eigenvalue weighted by molar-refractivity contribution is 5.81. The van der Waals surface area contributed by atoms with E-state index in [1.165, 1.54) is 11.1 Å². The van der Waals surface area contributed by atoms with Crippen molar-refractivity contribution in [3.63, 3.8) is 0 Å². The van der Waals surface area contributed by atoms with Crippen LogP contribution in [0.4, 0.5) is 5.69 Å². The number of aliphatic hydroxyl groups excluding tert-OH is 1. The van der Waals surface area contributed by atoms with Crippen LogP contribution in [0.2, 0.25) is 0 Å². The molecule has 0 fully saturated rings. The molecule has 0 radical (unpaired) electrons. The highest BCUT2D eigenvalue weighted by Crippen LogP contribution is 2.20. The Labute approximate surface area is 143 Å². The van der Waals surface area contributed by atoms with Crippen LogP contribution >= 0.6 is 0 Å². The van der Waals surface area contributed by atoms with E-state index in [1.54, 1.807) is 0 Å². The van der Waals surface area contributed by atoms with Gasteiger partial charge in [-0.15, -0.1) is 0 Å². The van der Waals surface area contributed by atoms with Crippen molar-refractivity contribution in [2.24, 2.45) is 0 Å². The summed E-state index contributed by atoms with van der Waals surface area (Å²) in [5.41, 5.74) is 3.62. The van der Waals surface area contributed by atoms with Gasteiger partial charge in [0.05, 0.1) is 6.54 Å². The van der Waals surface area contributed by atoms with Crippen LogP contribution in [-0.2, 0) is 17.8 Å². The maximum Gasteiger partial charge on any atom is 0.242 e. The van der Waals surface area contributed by atoms with E-state index in [2.05, 4.69) is 23.1 Å². The molecular weight excluding hydrogens is 300 g/mol. The average Bonchev–Trinajstić information content (AvgIpc) is 2.65. The zero-order valence-electron chi connectivity index (χ0n) is 13.9. The third kappa shape index (κ3) is 3.95. The molecule has 1 aliphatic rings. The maximum absolute atomic E-state index is 12.8. The molecule has 1 N–H and O–H groups in total. The molecular formula is C20H24N2O2. The van der Waals surface area contributed by atoms with Crippen LogP contribution in [0, 0.1) is 0 Å². The minimum absolute atomic E-state index is 0.134. The van der Waals surface area contributed by atoms with Crippen LogP contribution in [0.1, 0.15) is 17.5 Å². The Bertz CT molecular complexity index is 672. The number of aliphatic hydroxyl groups is 1. The number of anilines is 1. The van der Waals surface area contributed by atoms with Crippen molar-refractivity contribution in [2.75, 3.05) is 31.1 Å². The molecule has 2 aromatic carbocycles. The van der Waals surface area contributed by atoms with Gasteiger partial charge in [-0.3, -0.25) is 4.79 Å². The Morgan fingerprint density at radius 3 is 2.50 bits per heavy atom. The van der Waals surface area contributed by atoms with Gasteiger partial charge < -0.3 is 14.9 Å². The molecule has 4 heteroatoms. The molecule has 0 bridgehead atoms. The van der Waals surface area contributed by atoms with Gasteiger partial charge in [0.15, 0.2) is 0 Å². The zero-order valence-corrected chi connectivity index (χ0v) is 13.9. The zero-order chi connectivity index (χ0) is 16.8. The Balaban J connectivity index is 1.67. The van der Waals surface area contributed by atoms with Crippen LogP contribution < -0.4 is 4.90 Å². The quantitative estimate of drug-likeness (QED) is 0.888. The van der Waals surface area contributed by atoms with Crippen molar-refractivity contribution >= 4 is 11.6 Å². The van der Waals surface area contributed by atoms with Crippen LogP contribution in [0.15, 0.2) is 54.6 Å². The van der Waals surface area contributed by atoms with Crippen LogP contribution in [0.3, 0.4) is 0 Å². The minimum atomic E-state index is 0.134. The molecule has 0 atom stereocenters. The first-order chi connectivity index (χ1) is 11.8. The molecule has 0 saturated carbocycles. The third-order valence-corrected chi connectivity index (χ3v) is 4.52. The molecule has 2 aromatic rings. The first kappa shape index (κ1) is 16.5. The molecule has 1 amide bonds. The average molecular weight is 324 g/mol. The highest BCUT2D eigenvalue weighted by Gasteiger charge is 2.22. The maximum atomic E-state index is 12.8. The molecule has 0 unspecified atom stereocenters. The normalized spacial score (nSPS) is 13.5. The van der Waals surface area contributed by atoms with Crippen molar-refractivity contribution in [3.8, 4) is 0 Å². The van der Waals surface area contributed by atoms with Crippen molar-refractivity contribution in [1.82, 2.24) is 4.90 Å². The van der Waals surface area contributed by atoms with Crippen molar-refractivity contribution in [3.05, 3.63) is 65.7 Å². The molecule has 0 aliphatic carbocycles. The van der Waals surface area contributed by atoms with E-state index in [-0.39, 0.29) is 12.5 Å². The summed E-state index contributed by atoms with van der Waals surface area (Å²) >= 11 is 0. The number of carbonyl (C=O) groups excluding carboxylic acids is 1. The lowest BCUT2D eigenvalue weighted by atomic mass is 10.00. The second-order valence-electron chi connectivity index (χ2n) is 6.17.